The highest BCUT2D eigenvalue weighted by Gasteiger charge is 2.15. The lowest BCUT2D eigenvalue weighted by Crippen LogP contribution is -2.19. The molecule has 0 radical (unpaired) electrons. The highest BCUT2D eigenvalue weighted by molar-refractivity contribution is 7.10. The summed E-state index contributed by atoms with van der Waals surface area (Å²) in [5, 5.41) is 5.49. The van der Waals surface area contributed by atoms with Gasteiger partial charge in [-0.1, -0.05) is 4.49 Å². The van der Waals surface area contributed by atoms with Crippen LogP contribution in [0.4, 0.5) is 13.8 Å². The Kier molecular flexibility index (Phi) is 2.42. The number of nitrogens with one attached hydrogen (secondary N) is 1. The third-order valence-electron chi connectivity index (χ3n) is 0.806. The molecule has 0 unspecified atom stereocenters. The first kappa shape index (κ1) is 7.99. The van der Waals surface area contributed by atoms with Gasteiger partial charge >= 0.3 is 6.43 Å². The van der Waals surface area contributed by atoms with Gasteiger partial charge in [-0.05, 0) is 0 Å². The lowest BCUT2D eigenvalue weighted by Gasteiger charge is -1.97. The van der Waals surface area contributed by atoms with Gasteiger partial charge in [-0.25, -0.2) is 0 Å². The molecule has 0 spiro atoms. The number of rotatable bonds is 2. The summed E-state index contributed by atoms with van der Waals surface area (Å²) in [6, 6.07) is 0. The summed E-state index contributed by atoms with van der Waals surface area (Å²) in [6.07, 6.45) is -1.80. The zero-order valence-corrected chi connectivity index (χ0v) is 5.94. The van der Waals surface area contributed by atoms with Gasteiger partial charge in [0.15, 0.2) is 0 Å². The van der Waals surface area contributed by atoms with Crippen LogP contribution in [0.3, 0.4) is 0 Å². The summed E-state index contributed by atoms with van der Waals surface area (Å²) < 4.78 is 26.5. The molecule has 0 aliphatic rings. The number of amides is 1. The van der Waals surface area contributed by atoms with E-state index in [4.69, 9.17) is 0 Å². The van der Waals surface area contributed by atoms with E-state index in [9.17, 15) is 13.6 Å². The van der Waals surface area contributed by atoms with Crippen LogP contribution >= 0.6 is 11.5 Å². The van der Waals surface area contributed by atoms with E-state index in [0.717, 1.165) is 11.5 Å². The first-order valence-corrected chi connectivity index (χ1v) is 3.34. The van der Waals surface area contributed by atoms with Crippen LogP contribution in [0.15, 0.2) is 6.20 Å². The average Bonchev–Trinajstić information content (AvgIpc) is 2.39. The molecule has 0 aliphatic carbocycles. The second-order valence-electron chi connectivity index (χ2n) is 1.57. The molecule has 0 fully saturated rings. The fraction of sp³-hybridized carbons (Fsp3) is 0.250. The monoisotopic (exact) mass is 179 g/mol. The summed E-state index contributed by atoms with van der Waals surface area (Å²) in [7, 11) is 0. The van der Waals surface area contributed by atoms with Crippen LogP contribution in [0.2, 0.25) is 0 Å². The Morgan fingerprint density at radius 2 is 2.45 bits per heavy atom. The Balaban J connectivity index is 2.50. The lowest BCUT2D eigenvalue weighted by molar-refractivity contribution is -0.126. The van der Waals surface area contributed by atoms with E-state index in [1.165, 1.54) is 6.20 Å². The lowest BCUT2D eigenvalue weighted by atomic mass is 10.6. The highest BCUT2D eigenvalue weighted by Crippen LogP contribution is 2.10. The molecule has 7 heteroatoms. The zero-order chi connectivity index (χ0) is 8.27. The van der Waals surface area contributed by atoms with Gasteiger partial charge < -0.3 is 5.32 Å². The van der Waals surface area contributed by atoms with Crippen molar-refractivity contribution in [2.24, 2.45) is 0 Å². The van der Waals surface area contributed by atoms with Crippen molar-refractivity contribution < 1.29 is 13.6 Å². The predicted octanol–water partition coefficient (Wildman–Crippen LogP) is 0.742. The largest absolute Gasteiger partial charge is 0.315 e. The van der Waals surface area contributed by atoms with E-state index in [1.807, 2.05) is 5.32 Å². The number of hydrogen-bond acceptors (Lipinski definition) is 4. The van der Waals surface area contributed by atoms with Crippen molar-refractivity contribution in [2.45, 2.75) is 6.43 Å². The number of nitrogens with zero attached hydrogens (tertiary/aromatic N) is 2. The van der Waals surface area contributed by atoms with E-state index >= 15 is 0 Å². The molecular weight excluding hydrogens is 176 g/mol. The van der Waals surface area contributed by atoms with Crippen molar-refractivity contribution in [1.82, 2.24) is 9.59 Å². The molecule has 4 nitrogen and oxygen atoms in total. The molecule has 0 atom stereocenters. The van der Waals surface area contributed by atoms with Crippen LogP contribution in [-0.4, -0.2) is 21.9 Å². The number of anilines is 1. The van der Waals surface area contributed by atoms with E-state index in [1.54, 1.807) is 0 Å². The zero-order valence-electron chi connectivity index (χ0n) is 5.12. The Bertz CT molecular complexity index is 237. The summed E-state index contributed by atoms with van der Waals surface area (Å²) in [4.78, 5) is 10.3. The van der Waals surface area contributed by atoms with Crippen LogP contribution in [0, 0.1) is 0 Å². The molecule has 60 valence electrons. The van der Waals surface area contributed by atoms with E-state index in [0.29, 0.717) is 0 Å². The number of alkyl halides is 2. The molecule has 0 saturated carbocycles. The van der Waals surface area contributed by atoms with Crippen LogP contribution in [0.25, 0.3) is 0 Å². The van der Waals surface area contributed by atoms with Gasteiger partial charge in [0.05, 0.1) is 6.20 Å². The minimum atomic E-state index is -3.00. The first-order valence-electron chi connectivity index (χ1n) is 2.56. The van der Waals surface area contributed by atoms with E-state index in [2.05, 4.69) is 9.59 Å². The Morgan fingerprint density at radius 1 is 1.73 bits per heavy atom. The van der Waals surface area contributed by atoms with Crippen molar-refractivity contribution in [2.75, 3.05) is 5.32 Å². The molecular formula is C4H3F2N3OS. The average molecular weight is 179 g/mol. The molecule has 1 heterocycles. The van der Waals surface area contributed by atoms with Crippen LogP contribution in [0.1, 0.15) is 0 Å². The maximum atomic E-state index is 11.6. The smallest absolute Gasteiger partial charge is 0.310 e. The molecule has 1 aromatic rings. The fourth-order valence-electron chi connectivity index (χ4n) is 0.398. The van der Waals surface area contributed by atoms with Crippen LogP contribution < -0.4 is 5.32 Å². The number of carbonyl (C=O) groups excluding carboxylic acids is 1. The SMILES string of the molecule is O=C(Nc1cnns1)C(F)F. The second-order valence-corrected chi connectivity index (χ2v) is 2.36. The molecule has 1 amide bonds. The van der Waals surface area contributed by atoms with Crippen molar-refractivity contribution in [3.63, 3.8) is 0 Å². The molecule has 1 rings (SSSR count). The minimum Gasteiger partial charge on any atom is -0.310 e. The number of halogens is 2. The maximum absolute atomic E-state index is 11.6. The van der Waals surface area contributed by atoms with Crippen molar-refractivity contribution in [3.05, 3.63) is 6.20 Å². The molecule has 1 N–H and O–H groups in total. The predicted molar refractivity (Wildman–Crippen MR) is 34.5 cm³/mol. The Morgan fingerprint density at radius 3 is 2.91 bits per heavy atom. The third-order valence-corrected chi connectivity index (χ3v) is 1.39. The maximum Gasteiger partial charge on any atom is 0.315 e. The minimum absolute atomic E-state index is 0.218. The Labute approximate surface area is 64.4 Å². The molecule has 11 heavy (non-hydrogen) atoms. The summed E-state index contributed by atoms with van der Waals surface area (Å²) >= 11 is 0.842. The van der Waals surface area contributed by atoms with Gasteiger partial charge in [0, 0.05) is 11.5 Å². The number of aromatic nitrogens is 2. The van der Waals surface area contributed by atoms with E-state index < -0.39 is 12.3 Å². The van der Waals surface area contributed by atoms with Crippen molar-refractivity contribution in [3.8, 4) is 0 Å². The Hall–Kier alpha value is -1.11. The molecule has 1 aromatic heterocycles. The van der Waals surface area contributed by atoms with Crippen molar-refractivity contribution >= 4 is 22.4 Å². The quantitative estimate of drug-likeness (QED) is 0.728. The standard InChI is InChI=1S/C4H3F2N3OS/c5-3(6)4(10)8-2-1-7-9-11-2/h1,3H,(H,8,10). The van der Waals surface area contributed by atoms with Crippen LogP contribution in [-0.2, 0) is 4.79 Å². The molecule has 0 aliphatic heterocycles. The molecule has 0 saturated heterocycles. The van der Waals surface area contributed by atoms with Gasteiger partial charge in [-0.3, -0.25) is 4.79 Å². The van der Waals surface area contributed by atoms with Gasteiger partial charge in [-0.15, -0.1) is 5.10 Å². The summed E-state index contributed by atoms with van der Waals surface area (Å²) in [5.74, 6) is -1.34. The molecule has 0 aromatic carbocycles. The molecule has 0 bridgehead atoms. The second kappa shape index (κ2) is 3.33. The van der Waals surface area contributed by atoms with Crippen molar-refractivity contribution in [1.29, 1.82) is 0 Å². The number of carbonyl (C=O) groups is 1. The topological polar surface area (TPSA) is 54.9 Å². The highest BCUT2D eigenvalue weighted by atomic mass is 32.1. The summed E-state index contributed by atoms with van der Waals surface area (Å²) in [5.41, 5.74) is 0. The first-order chi connectivity index (χ1) is 5.20. The fourth-order valence-corrected chi connectivity index (χ4v) is 0.821. The van der Waals surface area contributed by atoms with E-state index in [-0.39, 0.29) is 5.00 Å². The van der Waals surface area contributed by atoms with Crippen LogP contribution in [0.5, 0.6) is 0 Å². The van der Waals surface area contributed by atoms with Gasteiger partial charge in [-0.2, -0.15) is 8.78 Å². The third kappa shape index (κ3) is 2.19. The number of hydrogen-bond donors (Lipinski definition) is 1. The summed E-state index contributed by atoms with van der Waals surface area (Å²) in [6.45, 7) is 0. The normalized spacial score (nSPS) is 10.1. The van der Waals surface area contributed by atoms with Gasteiger partial charge in [0.1, 0.15) is 5.00 Å². The van der Waals surface area contributed by atoms with Gasteiger partial charge in [0.2, 0.25) is 0 Å². The van der Waals surface area contributed by atoms with Gasteiger partial charge in [0.25, 0.3) is 5.91 Å².